The molecule has 23 heavy (non-hydrogen) atoms. The number of nitrogens with zero attached hydrogens (tertiary/aromatic N) is 1. The van der Waals surface area contributed by atoms with Crippen molar-refractivity contribution in [2.75, 3.05) is 0 Å². The number of hydrogen-bond acceptors (Lipinski definition) is 3. The van der Waals surface area contributed by atoms with Crippen molar-refractivity contribution in [2.24, 2.45) is 0 Å². The monoisotopic (exact) mass is 428 g/mol. The average molecular weight is 430 g/mol. The van der Waals surface area contributed by atoms with Crippen molar-refractivity contribution in [3.63, 3.8) is 0 Å². The second kappa shape index (κ2) is 7.06. The van der Waals surface area contributed by atoms with Crippen molar-refractivity contribution in [3.8, 4) is 0 Å². The third-order valence-electron chi connectivity index (χ3n) is 2.77. The fraction of sp³-hybridized carbons (Fsp3) is 0.231. The lowest BCUT2D eigenvalue weighted by molar-refractivity contribution is -0.138. The molecule has 1 N–H and O–H groups in total. The first-order valence-electron chi connectivity index (χ1n) is 6.15. The highest BCUT2D eigenvalue weighted by Crippen LogP contribution is 2.29. The van der Waals surface area contributed by atoms with Crippen LogP contribution in [-0.4, -0.2) is 10.5 Å². The fourth-order valence-corrected chi connectivity index (χ4v) is 3.36. The maximum atomic E-state index is 12.7. The molecular weight excluding hydrogens is 421 g/mol. The van der Waals surface area contributed by atoms with Crippen molar-refractivity contribution in [1.29, 1.82) is 0 Å². The molecule has 0 fully saturated rings. The van der Waals surface area contributed by atoms with Gasteiger partial charge in [0.15, 0.2) is 0 Å². The van der Waals surface area contributed by atoms with Crippen LogP contribution < -0.4 is 10.9 Å². The predicted octanol–water partition coefficient (Wildman–Crippen LogP) is 3.66. The molecule has 0 radical (unpaired) electrons. The Hall–Kier alpha value is -1.32. The average Bonchev–Trinajstić information content (AvgIpc) is 2.86. The number of amides is 1. The summed E-state index contributed by atoms with van der Waals surface area (Å²) in [6.07, 6.45) is -4.08. The van der Waals surface area contributed by atoms with Crippen molar-refractivity contribution < 1.29 is 18.0 Å². The molecule has 2 aromatic rings. The Morgan fingerprint density at radius 1 is 1.39 bits per heavy atom. The first-order valence-corrected chi connectivity index (χ1v) is 8.13. The highest BCUT2D eigenvalue weighted by Gasteiger charge is 2.32. The molecule has 4 nitrogen and oxygen atoms in total. The molecule has 0 saturated carbocycles. The summed E-state index contributed by atoms with van der Waals surface area (Å²) in [5.41, 5.74) is -1.94. The molecule has 124 valence electrons. The largest absolute Gasteiger partial charge is 0.417 e. The van der Waals surface area contributed by atoms with Crippen LogP contribution in [0.2, 0.25) is 5.02 Å². The quantitative estimate of drug-likeness (QED) is 0.806. The molecule has 2 heterocycles. The van der Waals surface area contributed by atoms with Crippen molar-refractivity contribution in [3.05, 3.63) is 54.0 Å². The van der Waals surface area contributed by atoms with Crippen LogP contribution in [0.3, 0.4) is 0 Å². The van der Waals surface area contributed by atoms with Crippen molar-refractivity contribution in [1.82, 2.24) is 9.88 Å². The molecule has 0 saturated heterocycles. The summed E-state index contributed by atoms with van der Waals surface area (Å²) < 4.78 is 39.7. The summed E-state index contributed by atoms with van der Waals surface area (Å²) in [6, 6.07) is 4.15. The van der Waals surface area contributed by atoms with Gasteiger partial charge in [0.2, 0.25) is 5.91 Å². The minimum absolute atomic E-state index is 0.219. The lowest BCUT2D eigenvalue weighted by atomic mass is 10.2. The predicted molar refractivity (Wildman–Crippen MR) is 84.6 cm³/mol. The third-order valence-corrected chi connectivity index (χ3v) is 4.67. The van der Waals surface area contributed by atoms with Crippen LogP contribution in [0.1, 0.15) is 10.4 Å². The Bertz CT molecular complexity index is 788. The number of rotatable bonds is 4. The van der Waals surface area contributed by atoms with Crippen LogP contribution in [-0.2, 0) is 24.1 Å². The molecule has 10 heteroatoms. The van der Waals surface area contributed by atoms with E-state index in [9.17, 15) is 22.8 Å². The van der Waals surface area contributed by atoms with Crippen molar-refractivity contribution >= 4 is 44.8 Å². The highest BCUT2D eigenvalue weighted by molar-refractivity contribution is 9.11. The first kappa shape index (κ1) is 18.0. The molecule has 0 aliphatic heterocycles. The summed E-state index contributed by atoms with van der Waals surface area (Å²) in [5.74, 6) is -0.591. The molecule has 0 aromatic carbocycles. The number of hydrogen-bond donors (Lipinski definition) is 1. The van der Waals surface area contributed by atoms with E-state index < -0.39 is 34.8 Å². The molecule has 0 aliphatic rings. The highest BCUT2D eigenvalue weighted by atomic mass is 79.9. The van der Waals surface area contributed by atoms with Gasteiger partial charge < -0.3 is 9.88 Å². The van der Waals surface area contributed by atoms with Gasteiger partial charge in [-0.3, -0.25) is 9.59 Å². The zero-order chi connectivity index (χ0) is 17.2. The van der Waals surface area contributed by atoms with Gasteiger partial charge in [-0.2, -0.15) is 13.2 Å². The molecule has 0 unspecified atom stereocenters. The number of thiophene rings is 1. The summed E-state index contributed by atoms with van der Waals surface area (Å²) in [4.78, 5) is 24.4. The van der Waals surface area contributed by atoms with Crippen LogP contribution in [0.25, 0.3) is 0 Å². The molecular formula is C13H9BrClF3N2O2S. The minimum atomic E-state index is -4.65. The van der Waals surface area contributed by atoms with Gasteiger partial charge in [0.1, 0.15) is 11.6 Å². The van der Waals surface area contributed by atoms with Crippen LogP contribution in [0.15, 0.2) is 33.0 Å². The van der Waals surface area contributed by atoms with E-state index in [4.69, 9.17) is 11.6 Å². The lowest BCUT2D eigenvalue weighted by Gasteiger charge is -2.11. The Labute approximate surface area is 146 Å². The molecule has 2 rings (SSSR count). The second-order valence-electron chi connectivity index (χ2n) is 4.49. The maximum absolute atomic E-state index is 12.7. The van der Waals surface area contributed by atoms with E-state index in [0.717, 1.165) is 8.66 Å². The number of pyridine rings is 1. The number of alkyl halides is 3. The van der Waals surface area contributed by atoms with Gasteiger partial charge in [0.05, 0.1) is 15.9 Å². The smallest absolute Gasteiger partial charge is 0.350 e. The maximum Gasteiger partial charge on any atom is 0.417 e. The van der Waals surface area contributed by atoms with Gasteiger partial charge in [-0.1, -0.05) is 11.6 Å². The van der Waals surface area contributed by atoms with E-state index in [1.165, 1.54) is 11.3 Å². The third kappa shape index (κ3) is 4.82. The Balaban J connectivity index is 2.11. The number of carbonyl (C=O) groups is 1. The van der Waals surface area contributed by atoms with E-state index in [0.29, 0.717) is 16.8 Å². The summed E-state index contributed by atoms with van der Waals surface area (Å²) in [6.45, 7) is -0.328. The standard InChI is InChI=1S/C13H9BrClF3N2O2S/c14-10-2-1-8(23-10)4-19-11(21)6-20-5-7(13(16,17)18)3-9(15)12(20)22/h1-3,5H,4,6H2,(H,19,21). The van der Waals surface area contributed by atoms with Gasteiger partial charge in [-0.25, -0.2) is 0 Å². The normalized spacial score (nSPS) is 11.5. The summed E-state index contributed by atoms with van der Waals surface area (Å²) in [5, 5.41) is 1.94. The Morgan fingerprint density at radius 3 is 2.65 bits per heavy atom. The van der Waals surface area contributed by atoms with E-state index in [1.807, 2.05) is 6.07 Å². The van der Waals surface area contributed by atoms with Gasteiger partial charge in [-0.15, -0.1) is 11.3 Å². The molecule has 0 aliphatic carbocycles. The van der Waals surface area contributed by atoms with E-state index in [2.05, 4.69) is 21.2 Å². The van der Waals surface area contributed by atoms with Crippen LogP contribution in [0, 0.1) is 0 Å². The molecule has 0 atom stereocenters. The van der Waals surface area contributed by atoms with Gasteiger partial charge in [-0.05, 0) is 34.1 Å². The molecule has 1 amide bonds. The van der Waals surface area contributed by atoms with Crippen LogP contribution >= 0.6 is 38.9 Å². The van der Waals surface area contributed by atoms with Gasteiger partial charge in [0, 0.05) is 11.1 Å². The lowest BCUT2D eigenvalue weighted by Crippen LogP contribution is -2.32. The van der Waals surface area contributed by atoms with E-state index in [1.54, 1.807) is 6.07 Å². The minimum Gasteiger partial charge on any atom is -0.350 e. The summed E-state index contributed by atoms with van der Waals surface area (Å²) >= 11 is 10.2. The van der Waals surface area contributed by atoms with Crippen molar-refractivity contribution in [2.45, 2.75) is 19.3 Å². The SMILES string of the molecule is O=C(Cn1cc(C(F)(F)F)cc(Cl)c1=O)NCc1ccc(Br)s1. The molecule has 0 spiro atoms. The molecule has 2 aromatic heterocycles. The topological polar surface area (TPSA) is 51.1 Å². The van der Waals surface area contributed by atoms with Gasteiger partial charge >= 0.3 is 6.18 Å². The van der Waals surface area contributed by atoms with E-state index >= 15 is 0 Å². The van der Waals surface area contributed by atoms with Crippen LogP contribution in [0.4, 0.5) is 13.2 Å². The number of aromatic nitrogens is 1. The summed E-state index contributed by atoms with van der Waals surface area (Å²) in [7, 11) is 0. The Morgan fingerprint density at radius 2 is 2.09 bits per heavy atom. The first-order chi connectivity index (χ1) is 10.7. The van der Waals surface area contributed by atoms with Gasteiger partial charge in [0.25, 0.3) is 5.56 Å². The van der Waals surface area contributed by atoms with E-state index in [-0.39, 0.29) is 6.54 Å². The second-order valence-corrected chi connectivity index (χ2v) is 7.44. The number of halogens is 5. The van der Waals surface area contributed by atoms with Crippen LogP contribution in [0.5, 0.6) is 0 Å². The Kier molecular flexibility index (Phi) is 5.53. The zero-order valence-corrected chi connectivity index (χ0v) is 14.4. The molecule has 0 bridgehead atoms. The number of carbonyl (C=O) groups excluding carboxylic acids is 1. The zero-order valence-electron chi connectivity index (χ0n) is 11.3. The number of nitrogens with one attached hydrogen (secondary N) is 1. The fourth-order valence-electron chi connectivity index (χ4n) is 1.71.